The predicted molar refractivity (Wildman–Crippen MR) is 122 cm³/mol. The molecule has 0 fully saturated rings. The van der Waals surface area contributed by atoms with Gasteiger partial charge in [-0.3, -0.25) is 0 Å². The van der Waals surface area contributed by atoms with Crippen molar-refractivity contribution in [1.82, 2.24) is 0 Å². The number of esters is 1. The van der Waals surface area contributed by atoms with Crippen LogP contribution in [0, 0.1) is 0 Å². The summed E-state index contributed by atoms with van der Waals surface area (Å²) in [5.41, 5.74) is 2.73. The monoisotopic (exact) mass is 431 g/mol. The lowest BCUT2D eigenvalue weighted by molar-refractivity contribution is -0.133. The van der Waals surface area contributed by atoms with Crippen molar-refractivity contribution in [2.45, 2.75) is 39.2 Å². The minimum atomic E-state index is -0.491. The summed E-state index contributed by atoms with van der Waals surface area (Å²) in [7, 11) is 2.81. The van der Waals surface area contributed by atoms with Crippen molar-refractivity contribution in [3.05, 3.63) is 64.9 Å². The summed E-state index contributed by atoms with van der Waals surface area (Å²) in [6.07, 6.45) is 6.23. The second kappa shape index (κ2) is 12.8. The van der Waals surface area contributed by atoms with Crippen LogP contribution >= 0.6 is 11.6 Å². The summed E-state index contributed by atoms with van der Waals surface area (Å²) in [5, 5.41) is 3.99. The summed E-state index contributed by atoms with van der Waals surface area (Å²) in [6.45, 7) is 3.39. The Morgan fingerprint density at radius 3 is 2.67 bits per heavy atom. The van der Waals surface area contributed by atoms with Crippen molar-refractivity contribution < 1.29 is 19.0 Å². The minimum absolute atomic E-state index is 0.244. The third-order valence-electron chi connectivity index (χ3n) is 4.59. The lowest BCUT2D eigenvalue weighted by Crippen LogP contribution is -2.08. The predicted octanol–water partition coefficient (Wildman–Crippen LogP) is 6.07. The molecule has 0 aliphatic carbocycles. The number of carbonyl (C=O) groups is 1. The van der Waals surface area contributed by atoms with Gasteiger partial charge in [-0.15, -0.1) is 0 Å². The summed E-state index contributed by atoms with van der Waals surface area (Å²) < 4.78 is 15.9. The van der Waals surface area contributed by atoms with Crippen molar-refractivity contribution in [2.75, 3.05) is 26.1 Å². The number of halogens is 1. The lowest BCUT2D eigenvalue weighted by Gasteiger charge is -2.14. The van der Waals surface area contributed by atoms with E-state index in [1.807, 2.05) is 24.3 Å². The second-order valence-corrected chi connectivity index (χ2v) is 7.30. The summed E-state index contributed by atoms with van der Waals surface area (Å²) >= 11 is 6.18. The Balaban J connectivity index is 2.10. The van der Waals surface area contributed by atoms with E-state index in [0.29, 0.717) is 16.2 Å². The van der Waals surface area contributed by atoms with Gasteiger partial charge in [-0.25, -0.2) is 4.79 Å². The van der Waals surface area contributed by atoms with Gasteiger partial charge in [0.15, 0.2) is 0 Å². The van der Waals surface area contributed by atoms with Gasteiger partial charge >= 0.3 is 5.97 Å². The van der Waals surface area contributed by atoms with Crippen molar-refractivity contribution in [1.29, 1.82) is 0 Å². The Morgan fingerprint density at radius 1 is 1.10 bits per heavy atom. The first-order valence-corrected chi connectivity index (χ1v) is 10.5. The fourth-order valence-corrected chi connectivity index (χ4v) is 3.23. The molecule has 2 aromatic carbocycles. The fourth-order valence-electron chi connectivity index (χ4n) is 3.04. The Labute approximate surface area is 184 Å². The quantitative estimate of drug-likeness (QED) is 0.191. The molecule has 0 radical (unpaired) electrons. The number of anilines is 1. The van der Waals surface area contributed by atoms with Crippen LogP contribution in [0.25, 0.3) is 5.57 Å². The zero-order valence-electron chi connectivity index (χ0n) is 17.9. The number of carbonyl (C=O) groups excluding carboxylic acids is 1. The maximum atomic E-state index is 12.2. The van der Waals surface area contributed by atoms with Gasteiger partial charge in [0.2, 0.25) is 0 Å². The van der Waals surface area contributed by atoms with Gasteiger partial charge in [0.25, 0.3) is 0 Å². The number of unbranched alkanes of at least 4 members (excludes halogenated alkanes) is 3. The molecule has 0 bridgehead atoms. The number of benzene rings is 2. The van der Waals surface area contributed by atoms with Crippen molar-refractivity contribution in [2.24, 2.45) is 0 Å². The van der Waals surface area contributed by atoms with E-state index in [1.54, 1.807) is 18.2 Å². The maximum absolute atomic E-state index is 12.2. The molecule has 0 aliphatic rings. The molecule has 5 nitrogen and oxygen atoms in total. The highest BCUT2D eigenvalue weighted by Crippen LogP contribution is 2.26. The number of hydrogen-bond acceptors (Lipinski definition) is 5. The standard InChI is InChI=1S/C24H30ClNO4/c1-4-5-6-7-13-26-20-9-8-10-21(15-20)30-16-18-14-19(25)11-12-22(18)23(17-28-2)24(27)29-3/h8-12,14-15,17,26H,4-7,13,16H2,1-3H3/b23-17+. The third kappa shape index (κ3) is 7.30. The van der Waals surface area contributed by atoms with E-state index < -0.39 is 5.97 Å². The van der Waals surface area contributed by atoms with Gasteiger partial charge in [-0.2, -0.15) is 0 Å². The Morgan fingerprint density at radius 2 is 1.93 bits per heavy atom. The smallest absolute Gasteiger partial charge is 0.341 e. The average molecular weight is 432 g/mol. The van der Waals surface area contributed by atoms with Crippen LogP contribution < -0.4 is 10.1 Å². The van der Waals surface area contributed by atoms with E-state index in [0.717, 1.165) is 30.0 Å². The molecule has 0 amide bonds. The van der Waals surface area contributed by atoms with Crippen LogP contribution in [0.2, 0.25) is 5.02 Å². The van der Waals surface area contributed by atoms with Crippen LogP contribution in [-0.4, -0.2) is 26.7 Å². The Kier molecular flexibility index (Phi) is 10.1. The molecule has 2 rings (SSSR count). The molecule has 0 atom stereocenters. The molecule has 0 heterocycles. The number of nitrogens with one attached hydrogen (secondary N) is 1. The van der Waals surface area contributed by atoms with E-state index in [9.17, 15) is 4.79 Å². The van der Waals surface area contributed by atoms with E-state index >= 15 is 0 Å². The fraction of sp³-hybridized carbons (Fsp3) is 0.375. The molecular formula is C24H30ClNO4. The van der Waals surface area contributed by atoms with Crippen molar-refractivity contribution in [3.8, 4) is 5.75 Å². The highest BCUT2D eigenvalue weighted by molar-refractivity contribution is 6.30. The molecule has 2 aromatic rings. The largest absolute Gasteiger partial charge is 0.503 e. The van der Waals surface area contributed by atoms with E-state index in [2.05, 4.69) is 12.2 Å². The van der Waals surface area contributed by atoms with Gasteiger partial charge in [0.1, 0.15) is 17.9 Å². The van der Waals surface area contributed by atoms with Gasteiger partial charge in [0, 0.05) is 23.3 Å². The maximum Gasteiger partial charge on any atom is 0.341 e. The zero-order valence-corrected chi connectivity index (χ0v) is 18.6. The second-order valence-electron chi connectivity index (χ2n) is 6.86. The molecule has 0 saturated carbocycles. The first kappa shape index (κ1) is 23.6. The van der Waals surface area contributed by atoms with Gasteiger partial charge < -0.3 is 19.5 Å². The number of ether oxygens (including phenoxy) is 3. The first-order valence-electron chi connectivity index (χ1n) is 10.2. The zero-order chi connectivity index (χ0) is 21.8. The van der Waals surface area contributed by atoms with Gasteiger partial charge in [0.05, 0.1) is 20.5 Å². The normalized spacial score (nSPS) is 11.1. The summed E-state index contributed by atoms with van der Waals surface area (Å²) in [5.74, 6) is 0.240. The van der Waals surface area contributed by atoms with Crippen molar-refractivity contribution >= 4 is 28.8 Å². The SMILES string of the molecule is CCCCCCNc1cccc(OCc2cc(Cl)ccc2/C(=C\OC)C(=O)OC)c1. The number of rotatable bonds is 12. The van der Waals surface area contributed by atoms with Crippen LogP contribution in [0.5, 0.6) is 5.75 Å². The Hall–Kier alpha value is -2.66. The molecule has 0 saturated heterocycles. The number of hydrogen-bond donors (Lipinski definition) is 1. The minimum Gasteiger partial charge on any atom is -0.503 e. The number of methoxy groups -OCH3 is 2. The van der Waals surface area contributed by atoms with Crippen LogP contribution in [-0.2, 0) is 20.9 Å². The molecule has 0 spiro atoms. The molecule has 0 aromatic heterocycles. The molecule has 1 N–H and O–H groups in total. The molecule has 30 heavy (non-hydrogen) atoms. The molecule has 0 unspecified atom stereocenters. The van der Waals surface area contributed by atoms with E-state index in [1.165, 1.54) is 39.7 Å². The van der Waals surface area contributed by atoms with Crippen LogP contribution in [0.3, 0.4) is 0 Å². The molecule has 162 valence electrons. The lowest BCUT2D eigenvalue weighted by atomic mass is 10.0. The Bertz CT molecular complexity index is 851. The summed E-state index contributed by atoms with van der Waals surface area (Å²) in [6, 6.07) is 13.1. The van der Waals surface area contributed by atoms with E-state index in [-0.39, 0.29) is 6.61 Å². The third-order valence-corrected chi connectivity index (χ3v) is 4.82. The first-order chi connectivity index (χ1) is 14.6. The molecule has 6 heteroatoms. The van der Waals surface area contributed by atoms with Gasteiger partial charge in [-0.1, -0.05) is 49.9 Å². The highest BCUT2D eigenvalue weighted by Gasteiger charge is 2.17. The average Bonchev–Trinajstić information content (AvgIpc) is 2.76. The van der Waals surface area contributed by atoms with Crippen LogP contribution in [0.4, 0.5) is 5.69 Å². The molecule has 0 aliphatic heterocycles. The van der Waals surface area contributed by atoms with E-state index in [4.69, 9.17) is 25.8 Å². The topological polar surface area (TPSA) is 56.8 Å². The van der Waals surface area contributed by atoms with Crippen LogP contribution in [0.1, 0.15) is 43.7 Å². The molecular weight excluding hydrogens is 402 g/mol. The summed E-state index contributed by atoms with van der Waals surface area (Å²) in [4.78, 5) is 12.2. The van der Waals surface area contributed by atoms with Crippen molar-refractivity contribution in [3.63, 3.8) is 0 Å². The van der Waals surface area contributed by atoms with Gasteiger partial charge in [-0.05, 0) is 41.8 Å². The highest BCUT2D eigenvalue weighted by atomic mass is 35.5. The van der Waals surface area contributed by atoms with Crippen LogP contribution in [0.15, 0.2) is 48.7 Å².